The van der Waals surface area contributed by atoms with Crippen LogP contribution in [0, 0.1) is 0 Å². The van der Waals surface area contributed by atoms with E-state index in [0.29, 0.717) is 0 Å². The normalized spacial score (nSPS) is 47.0. The third-order valence-electron chi connectivity index (χ3n) is 3.91. The van der Waals surface area contributed by atoms with Crippen molar-refractivity contribution in [1.82, 2.24) is 0 Å². The molecule has 0 aromatic heterocycles. The molecule has 0 bridgehead atoms. The molecule has 23 heavy (non-hydrogen) atoms. The first-order valence-electron chi connectivity index (χ1n) is 7.08. The highest BCUT2D eigenvalue weighted by atomic mass is 16.8. The van der Waals surface area contributed by atoms with Crippen LogP contribution in [0.2, 0.25) is 0 Å². The van der Waals surface area contributed by atoms with Gasteiger partial charge in [-0.2, -0.15) is 0 Å². The lowest BCUT2D eigenvalue weighted by Gasteiger charge is -2.22. The average Bonchev–Trinajstić information content (AvgIpc) is 2.99. The smallest absolute Gasteiger partial charge is 0.189 e. The maximum absolute atomic E-state index is 9.82. The zero-order chi connectivity index (χ0) is 17.3. The second kappa shape index (κ2) is 7.63. The number of aliphatic hydroxyl groups excluding tert-OH is 8. The third kappa shape index (κ3) is 3.65. The lowest BCUT2D eigenvalue weighted by molar-refractivity contribution is -0.275. The summed E-state index contributed by atoms with van der Waals surface area (Å²) in [6.45, 7) is -1.43. The largest absolute Gasteiger partial charge is 0.394 e. The first kappa shape index (κ1) is 18.9. The summed E-state index contributed by atoms with van der Waals surface area (Å²) >= 11 is 0. The first-order valence-corrected chi connectivity index (χ1v) is 7.08. The molecule has 2 aliphatic heterocycles. The fourth-order valence-electron chi connectivity index (χ4n) is 2.54. The molecule has 2 aliphatic rings. The van der Waals surface area contributed by atoms with Crippen molar-refractivity contribution < 1.29 is 55.1 Å². The number of rotatable bonds is 6. The molecule has 0 amide bonds. The van der Waals surface area contributed by atoms with Gasteiger partial charge in [-0.05, 0) is 0 Å². The van der Waals surface area contributed by atoms with Crippen molar-refractivity contribution >= 4 is 0 Å². The van der Waals surface area contributed by atoms with E-state index >= 15 is 0 Å². The Balaban J connectivity index is 1.99. The van der Waals surface area contributed by atoms with Crippen molar-refractivity contribution in [2.45, 2.75) is 61.4 Å². The van der Waals surface area contributed by atoms with Gasteiger partial charge in [0.15, 0.2) is 12.6 Å². The maximum atomic E-state index is 9.82. The first-order chi connectivity index (χ1) is 10.8. The molecule has 0 aromatic rings. The van der Waals surface area contributed by atoms with Crippen LogP contribution in [0.15, 0.2) is 0 Å². The van der Waals surface area contributed by atoms with Crippen molar-refractivity contribution in [3.63, 3.8) is 0 Å². The number of ether oxygens (including phenoxy) is 3. The van der Waals surface area contributed by atoms with Gasteiger partial charge in [-0.3, -0.25) is 0 Å². The van der Waals surface area contributed by atoms with Gasteiger partial charge < -0.3 is 55.1 Å². The molecule has 0 aliphatic carbocycles. The fraction of sp³-hybridized carbons (Fsp3) is 1.00. The predicted molar refractivity (Wildman–Crippen MR) is 68.6 cm³/mol. The summed E-state index contributed by atoms with van der Waals surface area (Å²) in [4.78, 5) is 0. The van der Waals surface area contributed by atoms with Crippen molar-refractivity contribution in [3.05, 3.63) is 0 Å². The van der Waals surface area contributed by atoms with E-state index in [9.17, 15) is 30.6 Å². The lowest BCUT2D eigenvalue weighted by atomic mass is 10.1. The second-order valence-electron chi connectivity index (χ2n) is 5.54. The van der Waals surface area contributed by atoms with Crippen molar-refractivity contribution in [2.24, 2.45) is 0 Å². The van der Waals surface area contributed by atoms with E-state index in [0.717, 1.165) is 0 Å². The zero-order valence-electron chi connectivity index (χ0n) is 12.0. The van der Waals surface area contributed by atoms with Crippen LogP contribution < -0.4 is 0 Å². The van der Waals surface area contributed by atoms with Gasteiger partial charge in [0.2, 0.25) is 0 Å². The van der Waals surface area contributed by atoms with Gasteiger partial charge >= 0.3 is 0 Å². The van der Waals surface area contributed by atoms with E-state index in [1.807, 2.05) is 0 Å². The summed E-state index contributed by atoms with van der Waals surface area (Å²) in [5.41, 5.74) is 0. The molecule has 11 nitrogen and oxygen atoms in total. The van der Waals surface area contributed by atoms with E-state index in [2.05, 4.69) is 0 Å². The predicted octanol–water partition coefficient (Wildman–Crippen LogP) is -5.40. The molecule has 2 heterocycles. The Bertz CT molecular complexity index is 348. The molecule has 2 saturated heterocycles. The molecule has 1 unspecified atom stereocenters. The molecule has 0 spiro atoms. The van der Waals surface area contributed by atoms with Crippen LogP contribution in [0.4, 0.5) is 0 Å². The summed E-state index contributed by atoms with van der Waals surface area (Å²) < 4.78 is 15.3. The summed E-state index contributed by atoms with van der Waals surface area (Å²) in [6.07, 6.45) is -14.9. The fourth-order valence-corrected chi connectivity index (χ4v) is 2.54. The van der Waals surface area contributed by atoms with Crippen LogP contribution in [-0.4, -0.2) is 115 Å². The monoisotopic (exact) mass is 342 g/mol. The Morgan fingerprint density at radius 1 is 0.696 bits per heavy atom. The Hall–Kier alpha value is -0.440. The Morgan fingerprint density at radius 2 is 1.04 bits per heavy atom. The second-order valence-corrected chi connectivity index (χ2v) is 5.54. The SMILES string of the molecule is OC[C@@H](O)[C@@H]1O[C@@H](OC2O[C@@H]([C@H](O)CO)[C@H](O)[C@H]2O)[C@H](O)[C@H]1O. The molecule has 2 rings (SSSR count). The number of hydrogen-bond donors (Lipinski definition) is 8. The minimum absolute atomic E-state index is 0.715. The van der Waals surface area contributed by atoms with Gasteiger partial charge in [0, 0.05) is 0 Å². The van der Waals surface area contributed by atoms with Crippen molar-refractivity contribution in [2.75, 3.05) is 13.2 Å². The molecule has 8 N–H and O–H groups in total. The van der Waals surface area contributed by atoms with Gasteiger partial charge in [0.1, 0.15) is 48.8 Å². The Labute approximate surface area is 130 Å². The Kier molecular flexibility index (Phi) is 6.27. The summed E-state index contributed by atoms with van der Waals surface area (Å²) in [5.74, 6) is 0. The van der Waals surface area contributed by atoms with Crippen molar-refractivity contribution in [1.29, 1.82) is 0 Å². The topological polar surface area (TPSA) is 190 Å². The summed E-state index contributed by atoms with van der Waals surface area (Å²) in [5, 5.41) is 75.8. The highest BCUT2D eigenvalue weighted by molar-refractivity contribution is 4.94. The van der Waals surface area contributed by atoms with E-state index in [1.54, 1.807) is 0 Å². The summed E-state index contributed by atoms with van der Waals surface area (Å²) in [7, 11) is 0. The average molecular weight is 342 g/mol. The number of aliphatic hydroxyl groups is 8. The van der Waals surface area contributed by atoms with Crippen LogP contribution in [0.1, 0.15) is 0 Å². The van der Waals surface area contributed by atoms with E-state index in [1.165, 1.54) is 0 Å². The van der Waals surface area contributed by atoms with Crippen LogP contribution in [0.25, 0.3) is 0 Å². The lowest BCUT2D eigenvalue weighted by Crippen LogP contribution is -2.41. The minimum atomic E-state index is -1.60. The van der Waals surface area contributed by atoms with E-state index in [4.69, 9.17) is 24.4 Å². The van der Waals surface area contributed by atoms with Crippen molar-refractivity contribution in [3.8, 4) is 0 Å². The Morgan fingerprint density at radius 3 is 1.35 bits per heavy atom. The quantitative estimate of drug-likeness (QED) is 0.230. The molecular formula is C12H22O11. The molecule has 0 aromatic carbocycles. The van der Waals surface area contributed by atoms with Gasteiger partial charge in [-0.15, -0.1) is 0 Å². The zero-order valence-corrected chi connectivity index (χ0v) is 12.0. The van der Waals surface area contributed by atoms with E-state index < -0.39 is 74.6 Å². The molecule has 136 valence electrons. The van der Waals surface area contributed by atoms with Crippen LogP contribution in [0.5, 0.6) is 0 Å². The molecule has 10 atom stereocenters. The minimum Gasteiger partial charge on any atom is -0.394 e. The van der Waals surface area contributed by atoms with Gasteiger partial charge in [0.05, 0.1) is 13.2 Å². The van der Waals surface area contributed by atoms with Crippen LogP contribution >= 0.6 is 0 Å². The third-order valence-corrected chi connectivity index (χ3v) is 3.91. The van der Waals surface area contributed by atoms with Crippen LogP contribution in [0.3, 0.4) is 0 Å². The standard InChI is InChI=1S/C12H22O11/c13-1-3(15)9-5(17)7(19)11(21-9)23-12-8(20)6(18)10(22-12)4(16)2-14/h3-20H,1-2H2/t3-,4-,5-,6-,7-,8-,9+,10+,11+,12?/m1/s1. The molecule has 11 heteroatoms. The molecule has 0 radical (unpaired) electrons. The molecule has 2 fully saturated rings. The van der Waals surface area contributed by atoms with E-state index in [-0.39, 0.29) is 0 Å². The van der Waals surface area contributed by atoms with Gasteiger partial charge in [-0.1, -0.05) is 0 Å². The van der Waals surface area contributed by atoms with Crippen LogP contribution in [-0.2, 0) is 14.2 Å². The number of hydrogen-bond acceptors (Lipinski definition) is 11. The molecule has 0 saturated carbocycles. The van der Waals surface area contributed by atoms with Gasteiger partial charge in [-0.25, -0.2) is 0 Å². The molecular weight excluding hydrogens is 320 g/mol. The summed E-state index contributed by atoms with van der Waals surface area (Å²) in [6, 6.07) is 0. The van der Waals surface area contributed by atoms with Gasteiger partial charge in [0.25, 0.3) is 0 Å². The highest BCUT2D eigenvalue weighted by Gasteiger charge is 2.52. The maximum Gasteiger partial charge on any atom is 0.189 e. The highest BCUT2D eigenvalue weighted by Crippen LogP contribution is 2.30.